The predicted molar refractivity (Wildman–Crippen MR) is 39.8 cm³/mol. The van der Waals surface area contributed by atoms with Crippen LogP contribution in [0.2, 0.25) is 0 Å². The molecule has 0 aromatic rings. The Morgan fingerprint density at radius 2 is 0.833 bits per heavy atom. The van der Waals surface area contributed by atoms with Crippen LogP contribution in [-0.4, -0.2) is 69.7 Å². The molecular formula is H12Al3CuGeTi. The average molecular weight is 277 g/mol. The van der Waals surface area contributed by atoms with Gasteiger partial charge < -0.3 is 0 Å². The normalized spacial score (nSPS) is 0. The summed E-state index contributed by atoms with van der Waals surface area (Å²) < 4.78 is 0. The van der Waals surface area contributed by atoms with E-state index in [2.05, 4.69) is 0 Å². The number of hydrogen-bond acceptors (Lipinski definition) is 0. The van der Waals surface area contributed by atoms with Gasteiger partial charge in [0.25, 0.3) is 0 Å². The summed E-state index contributed by atoms with van der Waals surface area (Å²) in [6.07, 6.45) is 0. The molecule has 0 aliphatic rings. The van der Waals surface area contributed by atoms with E-state index in [0.717, 1.165) is 0 Å². The van der Waals surface area contributed by atoms with E-state index in [1.807, 2.05) is 0 Å². The molecule has 0 aromatic heterocycles. The Morgan fingerprint density at radius 3 is 0.833 bits per heavy atom. The minimum absolute atomic E-state index is 0. The fraction of sp³-hybridized carbons (Fsp3) is 0. The Kier molecular flexibility index (Phi) is 385. The van der Waals surface area contributed by atoms with Crippen molar-refractivity contribution in [3.05, 3.63) is 0 Å². The van der Waals surface area contributed by atoms with Gasteiger partial charge in [-0.05, 0) is 0 Å². The monoisotopic (exact) mass is 278 g/mol. The van der Waals surface area contributed by atoms with Crippen LogP contribution in [0.3, 0.4) is 0 Å². The van der Waals surface area contributed by atoms with Crippen LogP contribution in [0, 0.1) is 0 Å². The van der Waals surface area contributed by atoms with E-state index in [0.29, 0.717) is 0 Å². The quantitative estimate of drug-likeness (QED) is 0.390. The van der Waals surface area contributed by atoms with Crippen molar-refractivity contribution in [3.63, 3.8) is 0 Å². The average Bonchev–Trinajstić information content (AvgIpc) is 0. The minimum atomic E-state index is 0. The summed E-state index contributed by atoms with van der Waals surface area (Å²) in [6.45, 7) is 0. The van der Waals surface area contributed by atoms with E-state index in [1.54, 1.807) is 0 Å². The molecule has 0 unspecified atom stereocenters. The van der Waals surface area contributed by atoms with E-state index in [1.165, 1.54) is 0 Å². The summed E-state index contributed by atoms with van der Waals surface area (Å²) in [5.74, 6) is 0. The zero-order chi connectivity index (χ0) is 0. The standard InChI is InChI=1S/3Al.Cu.GeH4.Ti.8H/h;;;;1H4;;;;;;;;;. The van der Waals surface area contributed by atoms with Crippen LogP contribution < -0.4 is 0 Å². The van der Waals surface area contributed by atoms with Crippen LogP contribution in [0.4, 0.5) is 0 Å². The van der Waals surface area contributed by atoms with Crippen LogP contribution in [0.15, 0.2) is 0 Å². The molecule has 0 aliphatic heterocycles. The molecule has 0 atom stereocenters. The van der Waals surface area contributed by atoms with Crippen LogP contribution in [0.25, 0.3) is 0 Å². The summed E-state index contributed by atoms with van der Waals surface area (Å²) >= 11 is 0. The summed E-state index contributed by atoms with van der Waals surface area (Å²) in [6, 6.07) is 0. The Balaban J connectivity index is 0. The Morgan fingerprint density at radius 1 is 0.833 bits per heavy atom. The van der Waals surface area contributed by atoms with Crippen molar-refractivity contribution in [2.45, 2.75) is 0 Å². The van der Waals surface area contributed by atoms with Crippen molar-refractivity contribution in [2.24, 2.45) is 0 Å². The topological polar surface area (TPSA) is 0 Å². The molecule has 0 bridgehead atoms. The SMILES string of the molecule is [AlH2].[AlH3].[AlH3].[Cu].[GeH4].[Ti]. The molecule has 6 heavy (non-hydrogen) atoms. The first-order valence-corrected chi connectivity index (χ1v) is 0. The predicted octanol–water partition coefficient (Wildman–Crippen LogP) is -4.74. The van der Waals surface area contributed by atoms with Gasteiger partial charge in [-0.1, -0.05) is 0 Å². The molecule has 0 amide bonds. The molecule has 0 spiro atoms. The van der Waals surface area contributed by atoms with E-state index >= 15 is 0 Å². The van der Waals surface area contributed by atoms with Gasteiger partial charge in [-0.2, -0.15) is 0 Å². The molecule has 0 fully saturated rings. The van der Waals surface area contributed by atoms with Gasteiger partial charge >= 0.3 is 17.6 Å². The summed E-state index contributed by atoms with van der Waals surface area (Å²) in [4.78, 5) is 0. The van der Waals surface area contributed by atoms with Crippen molar-refractivity contribution >= 4 is 69.7 Å². The van der Waals surface area contributed by atoms with Gasteiger partial charge in [0, 0.05) is 38.8 Å². The van der Waals surface area contributed by atoms with Gasteiger partial charge in [-0.15, -0.1) is 0 Å². The zero-order valence-corrected chi connectivity index (χ0v) is 6.30. The van der Waals surface area contributed by atoms with Crippen molar-refractivity contribution in [1.29, 1.82) is 0 Å². The Labute approximate surface area is 107 Å². The maximum atomic E-state index is 0. The second kappa shape index (κ2) is 40.0. The van der Waals surface area contributed by atoms with Gasteiger partial charge in [0.2, 0.25) is 0 Å². The van der Waals surface area contributed by atoms with Crippen molar-refractivity contribution < 1.29 is 38.8 Å². The first kappa shape index (κ1) is 57.7. The molecule has 0 rings (SSSR count). The fourth-order valence-corrected chi connectivity index (χ4v) is 0. The van der Waals surface area contributed by atoms with Gasteiger partial charge in [0.05, 0.1) is 0 Å². The van der Waals surface area contributed by atoms with Crippen molar-refractivity contribution in [2.75, 3.05) is 0 Å². The maximum Gasteiger partial charge on any atom is 0 e. The largest absolute Gasteiger partial charge is 0 e. The van der Waals surface area contributed by atoms with E-state index < -0.39 is 0 Å². The smallest absolute Gasteiger partial charge is 0 e. The summed E-state index contributed by atoms with van der Waals surface area (Å²) in [5, 5.41) is 0. The molecule has 6 heteroatoms. The zero-order valence-electron chi connectivity index (χ0n) is 1.80. The van der Waals surface area contributed by atoms with E-state index in [-0.39, 0.29) is 108 Å². The fourth-order valence-electron chi connectivity index (χ4n) is 0. The second-order valence-corrected chi connectivity index (χ2v) is 0. The van der Waals surface area contributed by atoms with Gasteiger partial charge in [-0.25, -0.2) is 0 Å². The molecule has 2 radical (unpaired) electrons. The van der Waals surface area contributed by atoms with E-state index in [9.17, 15) is 0 Å². The summed E-state index contributed by atoms with van der Waals surface area (Å²) in [5.41, 5.74) is 0. The van der Waals surface area contributed by atoms with Crippen molar-refractivity contribution in [1.82, 2.24) is 0 Å². The first-order chi connectivity index (χ1) is 0. The molecule has 0 N–H and O–H groups in total. The molecule has 0 nitrogen and oxygen atoms in total. The van der Waals surface area contributed by atoms with Crippen molar-refractivity contribution in [3.8, 4) is 0 Å². The van der Waals surface area contributed by atoms with Crippen LogP contribution in [0.5, 0.6) is 0 Å². The van der Waals surface area contributed by atoms with E-state index in [4.69, 9.17) is 0 Å². The van der Waals surface area contributed by atoms with Crippen LogP contribution in [0.1, 0.15) is 0 Å². The minimum Gasteiger partial charge on any atom is 0 e. The Hall–Kier alpha value is 3.37. The summed E-state index contributed by atoms with van der Waals surface area (Å²) in [7, 11) is 0. The van der Waals surface area contributed by atoms with Crippen LogP contribution in [-0.2, 0) is 38.8 Å². The third-order valence-electron chi connectivity index (χ3n) is 0. The van der Waals surface area contributed by atoms with Gasteiger partial charge in [0.1, 0.15) is 17.4 Å². The molecule has 0 saturated carbocycles. The molecule has 0 aliphatic carbocycles. The second-order valence-electron chi connectivity index (χ2n) is 0. The Bertz CT molecular complexity index is 10.8. The van der Waals surface area contributed by atoms with Gasteiger partial charge in [0.15, 0.2) is 34.7 Å². The van der Waals surface area contributed by atoms with Crippen LogP contribution >= 0.6 is 0 Å². The molecule has 0 saturated heterocycles. The number of rotatable bonds is 0. The molecule has 40 valence electrons. The van der Waals surface area contributed by atoms with Gasteiger partial charge in [-0.3, -0.25) is 0 Å². The maximum absolute atomic E-state index is 0. The molecule has 0 heterocycles. The first-order valence-electron chi connectivity index (χ1n) is 0. The molecule has 0 aromatic carbocycles. The third kappa shape index (κ3) is 26.3. The molecular weight excluding hydrogens is 265 g/mol. The number of hydrogen-bond donors (Lipinski definition) is 0. The third-order valence-corrected chi connectivity index (χ3v) is 0.